The molecule has 1 atom stereocenters. The van der Waals surface area contributed by atoms with Crippen molar-refractivity contribution in [2.24, 2.45) is 0 Å². The monoisotopic (exact) mass is 188 g/mol. The van der Waals surface area contributed by atoms with E-state index in [1.54, 1.807) is 0 Å². The predicted octanol–water partition coefficient (Wildman–Crippen LogP) is 2.05. The summed E-state index contributed by atoms with van der Waals surface area (Å²) in [6, 6.07) is 11.0. The number of benzene rings is 1. The van der Waals surface area contributed by atoms with E-state index in [2.05, 4.69) is 49.8 Å². The van der Waals surface area contributed by atoms with Gasteiger partial charge in [-0.2, -0.15) is 0 Å². The molecule has 14 heavy (non-hydrogen) atoms. The fraction of sp³-hybridized carbons (Fsp3) is 0.231. The van der Waals surface area contributed by atoms with Crippen LogP contribution in [0.15, 0.2) is 55.1 Å². The van der Waals surface area contributed by atoms with Gasteiger partial charge in [0.2, 0.25) is 0 Å². The van der Waals surface area contributed by atoms with Gasteiger partial charge in [-0.25, -0.2) is 0 Å². The standard InChI is InChI=1S/C13H17N/c1-4-11(2)10-13(14-3)12-8-6-5-7-9-12/h4-9,13-14H,1-2,10H2,3H3/p+1. The summed E-state index contributed by atoms with van der Waals surface area (Å²) < 4.78 is 0. The van der Waals surface area contributed by atoms with E-state index in [0.29, 0.717) is 6.04 Å². The van der Waals surface area contributed by atoms with Gasteiger partial charge in [0.25, 0.3) is 0 Å². The molecule has 0 radical (unpaired) electrons. The Morgan fingerprint density at radius 1 is 1.43 bits per heavy atom. The summed E-state index contributed by atoms with van der Waals surface area (Å²) in [5.74, 6) is 0. The zero-order chi connectivity index (χ0) is 10.4. The van der Waals surface area contributed by atoms with Crippen LogP contribution in [0, 0.1) is 0 Å². The number of hydrogen-bond donors (Lipinski definition) is 1. The molecular formula is C13H18N+. The minimum Gasteiger partial charge on any atom is -0.342 e. The second kappa shape index (κ2) is 5.40. The van der Waals surface area contributed by atoms with Crippen molar-refractivity contribution in [3.05, 3.63) is 60.7 Å². The Balaban J connectivity index is 2.72. The second-order valence-corrected chi connectivity index (χ2v) is 3.42. The molecule has 1 nitrogen and oxygen atoms in total. The summed E-state index contributed by atoms with van der Waals surface area (Å²) in [5.41, 5.74) is 2.44. The molecule has 0 fully saturated rings. The van der Waals surface area contributed by atoms with Gasteiger partial charge in [-0.3, -0.25) is 0 Å². The molecule has 0 aliphatic carbocycles. The highest BCUT2D eigenvalue weighted by Gasteiger charge is 2.11. The molecule has 0 saturated heterocycles. The van der Waals surface area contributed by atoms with Crippen molar-refractivity contribution in [1.82, 2.24) is 0 Å². The van der Waals surface area contributed by atoms with Crippen LogP contribution in [-0.4, -0.2) is 7.05 Å². The van der Waals surface area contributed by atoms with Gasteiger partial charge in [0.05, 0.1) is 7.05 Å². The molecule has 0 aliphatic heterocycles. The van der Waals surface area contributed by atoms with E-state index in [1.807, 2.05) is 12.1 Å². The first kappa shape index (κ1) is 10.7. The van der Waals surface area contributed by atoms with Crippen molar-refractivity contribution in [2.45, 2.75) is 12.5 Å². The maximum atomic E-state index is 3.95. The van der Waals surface area contributed by atoms with Crippen molar-refractivity contribution < 1.29 is 5.32 Å². The molecule has 0 bridgehead atoms. The molecule has 0 amide bonds. The molecule has 1 aromatic rings. The van der Waals surface area contributed by atoms with Gasteiger partial charge < -0.3 is 5.32 Å². The summed E-state index contributed by atoms with van der Waals surface area (Å²) in [5, 5.41) is 2.21. The minimum atomic E-state index is 0.460. The maximum absolute atomic E-state index is 3.95. The first-order valence-electron chi connectivity index (χ1n) is 4.92. The van der Waals surface area contributed by atoms with Crippen LogP contribution in [0.2, 0.25) is 0 Å². The molecule has 1 aromatic carbocycles. The minimum absolute atomic E-state index is 0.460. The van der Waals surface area contributed by atoms with Gasteiger partial charge >= 0.3 is 0 Å². The average molecular weight is 188 g/mol. The summed E-state index contributed by atoms with van der Waals surface area (Å²) in [6.07, 6.45) is 2.80. The Hall–Kier alpha value is -1.34. The first-order chi connectivity index (χ1) is 6.77. The number of rotatable bonds is 5. The fourth-order valence-electron chi connectivity index (χ4n) is 1.49. The van der Waals surface area contributed by atoms with Crippen LogP contribution in [0.5, 0.6) is 0 Å². The molecule has 0 saturated carbocycles. The smallest absolute Gasteiger partial charge is 0.115 e. The van der Waals surface area contributed by atoms with Crippen LogP contribution < -0.4 is 5.32 Å². The summed E-state index contributed by atoms with van der Waals surface area (Å²) in [6.45, 7) is 7.68. The topological polar surface area (TPSA) is 16.6 Å². The van der Waals surface area contributed by atoms with Gasteiger partial charge in [-0.1, -0.05) is 49.6 Å². The Labute approximate surface area is 86.2 Å². The lowest BCUT2D eigenvalue weighted by Gasteiger charge is -2.13. The number of nitrogens with two attached hydrogens (primary N) is 1. The highest BCUT2D eigenvalue weighted by molar-refractivity contribution is 5.21. The Morgan fingerprint density at radius 2 is 2.07 bits per heavy atom. The number of hydrogen-bond acceptors (Lipinski definition) is 0. The number of allylic oxidation sites excluding steroid dienone is 1. The highest BCUT2D eigenvalue weighted by Crippen LogP contribution is 2.16. The van der Waals surface area contributed by atoms with Gasteiger partial charge in [0.15, 0.2) is 0 Å². The highest BCUT2D eigenvalue weighted by atomic mass is 14.9. The van der Waals surface area contributed by atoms with Gasteiger partial charge in [-0.05, 0) is 5.57 Å². The van der Waals surface area contributed by atoms with Crippen LogP contribution in [-0.2, 0) is 0 Å². The van der Waals surface area contributed by atoms with Crippen LogP contribution in [0.3, 0.4) is 0 Å². The zero-order valence-corrected chi connectivity index (χ0v) is 8.74. The summed E-state index contributed by atoms with van der Waals surface area (Å²) in [7, 11) is 2.09. The molecule has 74 valence electrons. The molecule has 1 heteroatoms. The van der Waals surface area contributed by atoms with Crippen molar-refractivity contribution in [3.8, 4) is 0 Å². The summed E-state index contributed by atoms with van der Waals surface area (Å²) in [4.78, 5) is 0. The van der Waals surface area contributed by atoms with Crippen LogP contribution in [0.4, 0.5) is 0 Å². The summed E-state index contributed by atoms with van der Waals surface area (Å²) >= 11 is 0. The van der Waals surface area contributed by atoms with E-state index in [1.165, 1.54) is 5.56 Å². The van der Waals surface area contributed by atoms with Crippen LogP contribution in [0.25, 0.3) is 0 Å². The lowest BCUT2D eigenvalue weighted by Crippen LogP contribution is -2.80. The normalized spacial score (nSPS) is 12.1. The van der Waals surface area contributed by atoms with E-state index in [9.17, 15) is 0 Å². The van der Waals surface area contributed by atoms with Crippen molar-refractivity contribution >= 4 is 0 Å². The Bertz CT molecular complexity index is 300. The largest absolute Gasteiger partial charge is 0.342 e. The predicted molar refractivity (Wildman–Crippen MR) is 61.0 cm³/mol. The van der Waals surface area contributed by atoms with E-state index >= 15 is 0 Å². The molecule has 0 heterocycles. The molecule has 0 spiro atoms. The third-order valence-corrected chi connectivity index (χ3v) is 2.40. The van der Waals surface area contributed by atoms with Crippen LogP contribution >= 0.6 is 0 Å². The van der Waals surface area contributed by atoms with E-state index < -0.39 is 0 Å². The van der Waals surface area contributed by atoms with Gasteiger partial charge in [0, 0.05) is 12.0 Å². The number of quaternary nitrogens is 1. The molecule has 1 unspecified atom stereocenters. The zero-order valence-electron chi connectivity index (χ0n) is 8.74. The Morgan fingerprint density at radius 3 is 2.57 bits per heavy atom. The quantitative estimate of drug-likeness (QED) is 0.681. The van der Waals surface area contributed by atoms with Gasteiger partial charge in [-0.15, -0.1) is 0 Å². The molecule has 0 aromatic heterocycles. The van der Waals surface area contributed by atoms with E-state index in [4.69, 9.17) is 0 Å². The fourth-order valence-corrected chi connectivity index (χ4v) is 1.49. The molecule has 2 N–H and O–H groups in total. The first-order valence-corrected chi connectivity index (χ1v) is 4.92. The van der Waals surface area contributed by atoms with Crippen molar-refractivity contribution in [2.75, 3.05) is 7.05 Å². The second-order valence-electron chi connectivity index (χ2n) is 3.42. The molecule has 1 rings (SSSR count). The third-order valence-electron chi connectivity index (χ3n) is 2.40. The van der Waals surface area contributed by atoms with Crippen LogP contribution in [0.1, 0.15) is 18.0 Å². The molecular weight excluding hydrogens is 170 g/mol. The average Bonchev–Trinajstić information content (AvgIpc) is 2.26. The van der Waals surface area contributed by atoms with Gasteiger partial charge in [0.1, 0.15) is 6.04 Å². The molecule has 0 aliphatic rings. The lowest BCUT2D eigenvalue weighted by atomic mass is 10.00. The van der Waals surface area contributed by atoms with Crippen molar-refractivity contribution in [1.29, 1.82) is 0 Å². The lowest BCUT2D eigenvalue weighted by molar-refractivity contribution is -0.669. The maximum Gasteiger partial charge on any atom is 0.115 e. The van der Waals surface area contributed by atoms with Crippen molar-refractivity contribution in [3.63, 3.8) is 0 Å². The Kier molecular flexibility index (Phi) is 4.14. The van der Waals surface area contributed by atoms with E-state index in [-0.39, 0.29) is 0 Å². The third kappa shape index (κ3) is 2.86. The van der Waals surface area contributed by atoms with E-state index in [0.717, 1.165) is 12.0 Å². The SMILES string of the molecule is C=CC(=C)CC([NH2+]C)c1ccccc1.